The molecule has 6 nitrogen and oxygen atoms in total. The third-order valence-corrected chi connectivity index (χ3v) is 5.40. The van der Waals surface area contributed by atoms with E-state index in [1.54, 1.807) is 6.07 Å². The van der Waals surface area contributed by atoms with Crippen molar-refractivity contribution in [2.75, 3.05) is 4.90 Å². The molecular formula is C24H23N3O3. The number of aromatic hydroxyl groups is 2. The summed E-state index contributed by atoms with van der Waals surface area (Å²) in [5, 5.41) is 23.0. The average molecular weight is 401 g/mol. The molecule has 1 aliphatic heterocycles. The molecular weight excluding hydrogens is 378 g/mol. The first-order valence-corrected chi connectivity index (χ1v) is 9.70. The monoisotopic (exact) mass is 401 g/mol. The van der Waals surface area contributed by atoms with E-state index in [0.717, 1.165) is 18.8 Å². The van der Waals surface area contributed by atoms with Gasteiger partial charge in [-0.25, -0.2) is 5.43 Å². The van der Waals surface area contributed by atoms with Gasteiger partial charge in [0.25, 0.3) is 5.91 Å². The Labute approximate surface area is 175 Å². The number of carbonyl (C=O) groups excluding carboxylic acids is 1. The smallest absolute Gasteiger partial charge is 0.271 e. The molecule has 0 aliphatic carbocycles. The first-order valence-electron chi connectivity index (χ1n) is 9.70. The van der Waals surface area contributed by atoms with Gasteiger partial charge in [-0.2, -0.15) is 5.10 Å². The first-order chi connectivity index (χ1) is 14.4. The van der Waals surface area contributed by atoms with E-state index in [1.807, 2.05) is 18.2 Å². The second-order valence-corrected chi connectivity index (χ2v) is 7.55. The summed E-state index contributed by atoms with van der Waals surface area (Å²) < 4.78 is 0. The van der Waals surface area contributed by atoms with Crippen molar-refractivity contribution in [1.29, 1.82) is 0 Å². The molecule has 0 saturated heterocycles. The quantitative estimate of drug-likeness (QED) is 0.456. The molecule has 0 fully saturated rings. The third-order valence-electron chi connectivity index (χ3n) is 5.40. The van der Waals surface area contributed by atoms with E-state index in [4.69, 9.17) is 0 Å². The molecule has 0 radical (unpaired) electrons. The Kier molecular flexibility index (Phi) is 5.14. The molecule has 0 unspecified atom stereocenters. The van der Waals surface area contributed by atoms with Gasteiger partial charge in [0, 0.05) is 36.0 Å². The van der Waals surface area contributed by atoms with Gasteiger partial charge in [-0.3, -0.25) is 4.79 Å². The van der Waals surface area contributed by atoms with Gasteiger partial charge < -0.3 is 15.1 Å². The normalized spacial score (nSPS) is 12.9. The zero-order chi connectivity index (χ0) is 21.3. The van der Waals surface area contributed by atoms with E-state index in [1.165, 1.54) is 46.7 Å². The molecule has 4 rings (SSSR count). The zero-order valence-electron chi connectivity index (χ0n) is 16.9. The Morgan fingerprint density at radius 2 is 1.70 bits per heavy atom. The van der Waals surface area contributed by atoms with Crippen molar-refractivity contribution >= 4 is 17.8 Å². The highest BCUT2D eigenvalue weighted by Crippen LogP contribution is 2.30. The molecule has 3 N–H and O–H groups in total. The van der Waals surface area contributed by atoms with Gasteiger partial charge in [0.05, 0.1) is 6.21 Å². The summed E-state index contributed by atoms with van der Waals surface area (Å²) >= 11 is 0. The van der Waals surface area contributed by atoms with Gasteiger partial charge >= 0.3 is 0 Å². The van der Waals surface area contributed by atoms with E-state index in [9.17, 15) is 15.0 Å². The molecule has 30 heavy (non-hydrogen) atoms. The van der Waals surface area contributed by atoms with Crippen LogP contribution in [0.1, 0.15) is 38.2 Å². The zero-order valence-corrected chi connectivity index (χ0v) is 16.9. The highest BCUT2D eigenvalue weighted by molar-refractivity contribution is 5.96. The SMILES string of the molecule is Cc1cc2c(cc1C)CN(c1cccc(C(=O)N/N=C/c3ccc(O)cc3O)c1)C2. The number of anilines is 1. The largest absolute Gasteiger partial charge is 0.508 e. The van der Waals surface area contributed by atoms with Gasteiger partial charge in [0.2, 0.25) is 0 Å². The van der Waals surface area contributed by atoms with E-state index in [2.05, 4.69) is 41.4 Å². The number of carbonyl (C=O) groups is 1. The maximum atomic E-state index is 12.5. The van der Waals surface area contributed by atoms with Crippen LogP contribution in [-0.4, -0.2) is 22.3 Å². The lowest BCUT2D eigenvalue weighted by molar-refractivity contribution is 0.0955. The second kappa shape index (κ2) is 7.91. The number of rotatable bonds is 4. The van der Waals surface area contributed by atoms with Crippen LogP contribution < -0.4 is 10.3 Å². The van der Waals surface area contributed by atoms with Crippen molar-refractivity contribution in [1.82, 2.24) is 5.43 Å². The Balaban J connectivity index is 1.45. The van der Waals surface area contributed by atoms with Crippen molar-refractivity contribution in [3.8, 4) is 11.5 Å². The number of benzene rings is 3. The maximum absolute atomic E-state index is 12.5. The molecule has 0 aromatic heterocycles. The fourth-order valence-electron chi connectivity index (χ4n) is 3.59. The third kappa shape index (κ3) is 3.98. The number of hydrazone groups is 1. The molecule has 0 saturated carbocycles. The van der Waals surface area contributed by atoms with Gasteiger partial charge in [-0.15, -0.1) is 0 Å². The topological polar surface area (TPSA) is 85.2 Å². The van der Waals surface area contributed by atoms with Crippen molar-refractivity contribution in [2.45, 2.75) is 26.9 Å². The molecule has 3 aromatic rings. The average Bonchev–Trinajstić information content (AvgIpc) is 3.12. The first kappa shape index (κ1) is 19.5. The van der Waals surface area contributed by atoms with Crippen molar-refractivity contribution in [3.05, 3.63) is 88.0 Å². The summed E-state index contributed by atoms with van der Waals surface area (Å²) in [7, 11) is 0. The second-order valence-electron chi connectivity index (χ2n) is 7.55. The number of fused-ring (bicyclic) bond motifs is 1. The van der Waals surface area contributed by atoms with Crippen LogP contribution >= 0.6 is 0 Å². The van der Waals surface area contributed by atoms with Crippen LogP contribution in [0.3, 0.4) is 0 Å². The molecule has 1 amide bonds. The number of hydrogen-bond acceptors (Lipinski definition) is 5. The number of nitrogens with one attached hydrogen (secondary N) is 1. The summed E-state index contributed by atoms with van der Waals surface area (Å²) in [4.78, 5) is 14.8. The summed E-state index contributed by atoms with van der Waals surface area (Å²) in [5.74, 6) is -0.497. The number of nitrogens with zero attached hydrogens (tertiary/aromatic N) is 2. The standard InChI is InChI=1S/C24H23N3O3/c1-15-8-19-13-27(14-20(19)9-16(15)2)21-5-3-4-17(10-21)24(30)26-25-12-18-6-7-22(28)11-23(18)29/h3-12,28-29H,13-14H2,1-2H3,(H,26,30)/b25-12+. The summed E-state index contributed by atoms with van der Waals surface area (Å²) in [6.07, 6.45) is 1.33. The number of hydrogen-bond donors (Lipinski definition) is 3. The lowest BCUT2D eigenvalue weighted by atomic mass is 10.0. The molecule has 6 heteroatoms. The Morgan fingerprint density at radius 1 is 1.00 bits per heavy atom. The number of aryl methyl sites for hydroxylation is 2. The molecule has 0 bridgehead atoms. The van der Waals surface area contributed by atoms with E-state index in [-0.39, 0.29) is 17.4 Å². The van der Waals surface area contributed by atoms with Crippen LogP contribution in [0.5, 0.6) is 11.5 Å². The fraction of sp³-hybridized carbons (Fsp3) is 0.167. The Morgan fingerprint density at radius 3 is 2.37 bits per heavy atom. The van der Waals surface area contributed by atoms with E-state index >= 15 is 0 Å². The summed E-state index contributed by atoms with van der Waals surface area (Å²) in [6.45, 7) is 5.89. The van der Waals surface area contributed by atoms with Crippen LogP contribution in [0.2, 0.25) is 0 Å². The van der Waals surface area contributed by atoms with Gasteiger partial charge in [0.1, 0.15) is 11.5 Å². The predicted molar refractivity (Wildman–Crippen MR) is 117 cm³/mol. The van der Waals surface area contributed by atoms with Crippen LogP contribution in [0.15, 0.2) is 59.7 Å². The van der Waals surface area contributed by atoms with E-state index in [0.29, 0.717) is 11.1 Å². The van der Waals surface area contributed by atoms with Gasteiger partial charge in [-0.1, -0.05) is 18.2 Å². The predicted octanol–water partition coefficient (Wildman–Crippen LogP) is 4.00. The number of phenolic OH excluding ortho intramolecular Hbond substituents is 2. The number of amides is 1. The van der Waals surface area contributed by atoms with Crippen LogP contribution in [-0.2, 0) is 13.1 Å². The Hall–Kier alpha value is -3.80. The lowest BCUT2D eigenvalue weighted by Crippen LogP contribution is -2.19. The van der Waals surface area contributed by atoms with E-state index < -0.39 is 0 Å². The highest BCUT2D eigenvalue weighted by atomic mass is 16.3. The van der Waals surface area contributed by atoms with Gasteiger partial charge in [-0.05, 0) is 66.4 Å². The molecule has 1 aliphatic rings. The van der Waals surface area contributed by atoms with Crippen molar-refractivity contribution < 1.29 is 15.0 Å². The minimum Gasteiger partial charge on any atom is -0.508 e. The highest BCUT2D eigenvalue weighted by Gasteiger charge is 2.20. The number of phenols is 2. The summed E-state index contributed by atoms with van der Waals surface area (Å²) in [5.41, 5.74) is 9.59. The molecule has 0 atom stereocenters. The van der Waals surface area contributed by atoms with Crippen molar-refractivity contribution in [3.63, 3.8) is 0 Å². The molecule has 1 heterocycles. The molecule has 152 valence electrons. The molecule has 3 aromatic carbocycles. The van der Waals surface area contributed by atoms with Crippen LogP contribution in [0, 0.1) is 13.8 Å². The lowest BCUT2D eigenvalue weighted by Gasteiger charge is -2.18. The minimum atomic E-state index is -0.338. The van der Waals surface area contributed by atoms with Crippen LogP contribution in [0.25, 0.3) is 0 Å². The minimum absolute atomic E-state index is 0.0418. The summed E-state index contributed by atoms with van der Waals surface area (Å²) in [6, 6.07) is 16.1. The van der Waals surface area contributed by atoms with Crippen LogP contribution in [0.4, 0.5) is 5.69 Å². The fourth-order valence-corrected chi connectivity index (χ4v) is 3.59. The maximum Gasteiger partial charge on any atom is 0.271 e. The molecule has 0 spiro atoms. The van der Waals surface area contributed by atoms with Gasteiger partial charge in [0.15, 0.2) is 0 Å². The Bertz CT molecular complexity index is 1120. The van der Waals surface area contributed by atoms with Crippen molar-refractivity contribution in [2.24, 2.45) is 5.10 Å².